The van der Waals surface area contributed by atoms with Crippen molar-refractivity contribution in [3.8, 4) is 28.2 Å². The fourth-order valence-electron chi connectivity index (χ4n) is 10.3. The zero-order valence-electron chi connectivity index (χ0n) is 39.8. The van der Waals surface area contributed by atoms with Crippen molar-refractivity contribution in [3.05, 3.63) is 113 Å². The highest BCUT2D eigenvalue weighted by molar-refractivity contribution is 5.94. The van der Waals surface area contributed by atoms with E-state index in [9.17, 15) is 29.4 Å². The molecule has 0 bridgehead atoms. The Morgan fingerprint density at radius 3 is 1.92 bits per heavy atom. The second kappa shape index (κ2) is 19.3. The van der Waals surface area contributed by atoms with Crippen LogP contribution in [0.15, 0.2) is 73.1 Å². The molecule has 0 aliphatic carbocycles. The first-order valence-electron chi connectivity index (χ1n) is 24.5. The molecule has 10 rings (SSSR count). The van der Waals surface area contributed by atoms with Gasteiger partial charge in [0, 0.05) is 90.9 Å². The molecule has 0 radical (unpaired) electrons. The number of carboxylic acid groups (broad SMARTS) is 2. The monoisotopic (exact) mass is 967 g/mol. The largest absolute Gasteiger partial charge is 0.481 e. The fraction of sp³-hybridized carbons (Fsp3) is 0.404. The van der Waals surface area contributed by atoms with Crippen LogP contribution in [0.4, 0.5) is 14.5 Å². The lowest BCUT2D eigenvalue weighted by Gasteiger charge is -2.38. The average molecular weight is 968 g/mol. The number of aliphatic carboxylic acids is 1. The lowest BCUT2D eigenvalue weighted by atomic mass is 9.93. The number of anilines is 1. The molecule has 2 amide bonds. The number of aryl methyl sites for hydroxylation is 2. The van der Waals surface area contributed by atoms with Crippen LogP contribution in [0.2, 0.25) is 0 Å². The summed E-state index contributed by atoms with van der Waals surface area (Å²) in [6.45, 7) is 7.88. The van der Waals surface area contributed by atoms with E-state index in [2.05, 4.69) is 18.9 Å². The van der Waals surface area contributed by atoms with E-state index in [1.807, 2.05) is 27.7 Å². The molecule has 2 aromatic carbocycles. The Morgan fingerprint density at radius 1 is 0.690 bits per heavy atom. The Balaban J connectivity index is 0.871. The molecule has 0 spiro atoms. The molecule has 71 heavy (non-hydrogen) atoms. The number of carboxylic acids is 2. The van der Waals surface area contributed by atoms with Crippen molar-refractivity contribution in [2.45, 2.75) is 97.1 Å². The maximum Gasteiger partial charge on any atom is 0.338 e. The normalized spacial score (nSPS) is 18.9. The average Bonchev–Trinajstić information content (AvgIpc) is 4.05. The fourth-order valence-corrected chi connectivity index (χ4v) is 10.3. The predicted octanol–water partition coefficient (Wildman–Crippen LogP) is 8.02. The van der Waals surface area contributed by atoms with Gasteiger partial charge >= 0.3 is 11.9 Å². The minimum atomic E-state index is -1.14. The zero-order valence-corrected chi connectivity index (χ0v) is 39.8. The molecular weight excluding hydrogens is 913 g/mol. The topological polar surface area (TPSA) is 197 Å². The van der Waals surface area contributed by atoms with E-state index < -0.39 is 29.5 Å². The number of benzene rings is 2. The molecule has 1 unspecified atom stereocenters. The van der Waals surface area contributed by atoms with E-state index in [4.69, 9.17) is 20.2 Å². The maximum absolute atomic E-state index is 15.9. The van der Waals surface area contributed by atoms with Crippen molar-refractivity contribution in [2.24, 2.45) is 11.8 Å². The first kappa shape index (κ1) is 47.1. The Kier molecular flexibility index (Phi) is 12.8. The number of nitrogens with zero attached hydrogens (tertiary/aromatic N) is 11. The van der Waals surface area contributed by atoms with Gasteiger partial charge in [0.1, 0.15) is 23.0 Å². The number of carbonyl (C=O) groups is 4. The van der Waals surface area contributed by atoms with E-state index in [0.29, 0.717) is 78.8 Å². The molecule has 2 N–H and O–H groups in total. The summed E-state index contributed by atoms with van der Waals surface area (Å²) in [7, 11) is 0. The van der Waals surface area contributed by atoms with Crippen molar-refractivity contribution < 1.29 is 38.2 Å². The van der Waals surface area contributed by atoms with Gasteiger partial charge in [0.05, 0.1) is 34.8 Å². The van der Waals surface area contributed by atoms with E-state index in [0.717, 1.165) is 62.8 Å². The molecule has 0 saturated carbocycles. The van der Waals surface area contributed by atoms with Crippen LogP contribution in [0, 0.1) is 23.5 Å². The van der Waals surface area contributed by atoms with Gasteiger partial charge in [-0.2, -0.15) is 15.3 Å². The highest BCUT2D eigenvalue weighted by Gasteiger charge is 2.34. The van der Waals surface area contributed by atoms with Crippen LogP contribution < -0.4 is 4.90 Å². The van der Waals surface area contributed by atoms with Gasteiger partial charge in [0.2, 0.25) is 0 Å². The third-order valence-corrected chi connectivity index (χ3v) is 14.6. The summed E-state index contributed by atoms with van der Waals surface area (Å²) in [5.41, 5.74) is 5.06. The molecule has 8 heterocycles. The van der Waals surface area contributed by atoms with Crippen LogP contribution in [0.5, 0.6) is 0 Å². The standard InChI is InChI=1S/C52H55F2N11O6/c1-4-35-22-45(56-47-24-43(58-64(35)47)39-15-13-36(20-41(39)53)60-27-34(28-60)52(70)71)50(67)62-19-17-32(10-9-31(62)3)11-12-38-23-46(49(66)61-18-7-5-6-8-30(61)2)57-48-25-44(59-65(38)48)40-16-14-37(21-42(40)54)63-29-33(26-55-63)51(68)69/h13-16,20-26,29-32,34H,4-12,17-19,27-28H2,1-3H3,(H,68,69)(H,70,71)/t30-,31-,32?/m1/s1. The van der Waals surface area contributed by atoms with Crippen LogP contribution in [-0.4, -0.2) is 121 Å². The Labute approximate surface area is 407 Å². The number of aromatic carboxylic acids is 1. The van der Waals surface area contributed by atoms with Crippen LogP contribution >= 0.6 is 0 Å². The van der Waals surface area contributed by atoms with Crippen molar-refractivity contribution in [3.63, 3.8) is 0 Å². The van der Waals surface area contributed by atoms with Gasteiger partial charge in [0.15, 0.2) is 11.3 Å². The van der Waals surface area contributed by atoms with Gasteiger partial charge < -0.3 is 24.9 Å². The zero-order chi connectivity index (χ0) is 49.7. The first-order chi connectivity index (χ1) is 34.2. The minimum absolute atomic E-state index is 0.0247. The summed E-state index contributed by atoms with van der Waals surface area (Å²) >= 11 is 0. The molecule has 368 valence electrons. The van der Waals surface area contributed by atoms with Crippen molar-refractivity contribution in [2.75, 3.05) is 31.1 Å². The quantitative estimate of drug-likeness (QED) is 0.120. The summed E-state index contributed by atoms with van der Waals surface area (Å²) in [5.74, 6) is -3.66. The Bertz CT molecular complexity index is 3210. The smallest absolute Gasteiger partial charge is 0.338 e. The summed E-state index contributed by atoms with van der Waals surface area (Å²) in [4.78, 5) is 66.5. The number of carbonyl (C=O) groups excluding carboxylic acids is 2. The van der Waals surface area contributed by atoms with Crippen LogP contribution in [0.25, 0.3) is 39.5 Å². The second-order valence-electron chi connectivity index (χ2n) is 19.3. The maximum atomic E-state index is 15.9. The lowest BCUT2D eigenvalue weighted by molar-refractivity contribution is -0.142. The SMILES string of the molecule is CCc1cc(C(=O)N2CCC(CCc3cc(C(=O)N4CCCCC[C@H]4C)nc4cc(-c5ccc(-n6cc(C(=O)O)cn6)cc5F)nn34)CC[C@H]2C)nc2cc(-c3ccc(N4CC(C(=O)O)C4)cc3F)nn12. The molecule has 17 nitrogen and oxygen atoms in total. The summed E-state index contributed by atoms with van der Waals surface area (Å²) in [5, 5.41) is 32.2. The number of halogens is 2. The van der Waals surface area contributed by atoms with Gasteiger partial charge in [-0.25, -0.2) is 37.3 Å². The number of rotatable bonds is 12. The van der Waals surface area contributed by atoms with Crippen molar-refractivity contribution in [1.29, 1.82) is 0 Å². The summed E-state index contributed by atoms with van der Waals surface area (Å²) in [6, 6.07) is 16.2. The van der Waals surface area contributed by atoms with E-state index >= 15 is 8.78 Å². The van der Waals surface area contributed by atoms with Gasteiger partial charge in [-0.05, 0) is 114 Å². The molecule has 5 aromatic heterocycles. The molecule has 3 fully saturated rings. The number of amides is 2. The Hall–Kier alpha value is -7.57. The van der Waals surface area contributed by atoms with Gasteiger partial charge in [-0.3, -0.25) is 14.4 Å². The molecule has 19 heteroatoms. The number of likely N-dealkylation sites (tertiary alicyclic amines) is 2. The molecule has 7 aromatic rings. The van der Waals surface area contributed by atoms with E-state index in [1.165, 1.54) is 29.2 Å². The van der Waals surface area contributed by atoms with Crippen LogP contribution in [0.1, 0.15) is 115 Å². The summed E-state index contributed by atoms with van der Waals surface area (Å²) < 4.78 is 36.1. The van der Waals surface area contributed by atoms with Gasteiger partial charge in [0.25, 0.3) is 11.8 Å². The van der Waals surface area contributed by atoms with Crippen LogP contribution in [-0.2, 0) is 17.6 Å². The van der Waals surface area contributed by atoms with E-state index in [-0.39, 0.29) is 52.2 Å². The lowest BCUT2D eigenvalue weighted by Crippen LogP contribution is -2.50. The predicted molar refractivity (Wildman–Crippen MR) is 259 cm³/mol. The molecule has 3 atom stereocenters. The van der Waals surface area contributed by atoms with Crippen molar-refractivity contribution >= 4 is 40.7 Å². The van der Waals surface area contributed by atoms with Gasteiger partial charge in [-0.15, -0.1) is 0 Å². The Morgan fingerprint density at radius 2 is 1.30 bits per heavy atom. The molecule has 3 aliphatic rings. The van der Waals surface area contributed by atoms with Crippen LogP contribution in [0.3, 0.4) is 0 Å². The molecular formula is C52H55F2N11O6. The first-order valence-corrected chi connectivity index (χ1v) is 24.5. The third kappa shape index (κ3) is 9.32. The van der Waals surface area contributed by atoms with E-state index in [1.54, 1.807) is 51.5 Å². The highest BCUT2D eigenvalue weighted by Crippen LogP contribution is 2.33. The molecule has 3 saturated heterocycles. The second-order valence-corrected chi connectivity index (χ2v) is 19.3. The van der Waals surface area contributed by atoms with Crippen molar-refractivity contribution in [1.82, 2.24) is 48.8 Å². The van der Waals surface area contributed by atoms with Gasteiger partial charge in [-0.1, -0.05) is 19.8 Å². The minimum Gasteiger partial charge on any atom is -0.481 e. The number of hydrogen-bond acceptors (Lipinski definition) is 10. The number of aromatic nitrogens is 8. The third-order valence-electron chi connectivity index (χ3n) is 14.6. The molecule has 3 aliphatic heterocycles. The summed E-state index contributed by atoms with van der Waals surface area (Å²) in [6.07, 6.45) is 10.6. The highest BCUT2D eigenvalue weighted by atomic mass is 19.1. The number of hydrogen-bond donors (Lipinski definition) is 2. The number of fused-ring (bicyclic) bond motifs is 2.